The molecule has 0 aromatic heterocycles. The van der Waals surface area contributed by atoms with E-state index >= 15 is 0 Å². The first-order valence-corrected chi connectivity index (χ1v) is 5.29. The second kappa shape index (κ2) is 4.95. The molecule has 17 heavy (non-hydrogen) atoms. The van der Waals surface area contributed by atoms with Crippen LogP contribution in [0.2, 0.25) is 0 Å². The highest BCUT2D eigenvalue weighted by molar-refractivity contribution is 5.66. The summed E-state index contributed by atoms with van der Waals surface area (Å²) < 4.78 is 0. The molecule has 1 aromatic rings. The van der Waals surface area contributed by atoms with Crippen molar-refractivity contribution in [3.63, 3.8) is 0 Å². The molecule has 5 nitrogen and oxygen atoms in total. The molecule has 1 rings (SSSR count). The van der Waals surface area contributed by atoms with Gasteiger partial charge < -0.3 is 5.11 Å². The molecule has 92 valence electrons. The van der Waals surface area contributed by atoms with Crippen LogP contribution in [0.5, 0.6) is 0 Å². The number of hydrogen-bond donors (Lipinski definition) is 1. The molecule has 0 amide bonds. The van der Waals surface area contributed by atoms with Gasteiger partial charge in [-0.2, -0.15) is 0 Å². The third-order valence-corrected chi connectivity index (χ3v) is 2.82. The van der Waals surface area contributed by atoms with Crippen molar-refractivity contribution in [1.82, 2.24) is 0 Å². The molecule has 1 N–H and O–H groups in total. The number of rotatable bonds is 5. The molecule has 0 radical (unpaired) electrons. The standard InChI is InChI=1S/C12H15NO4/c1-12(2,8-7-11(14)15)9-3-5-10(6-4-9)13(16)17/h3-6H,7-8H2,1-2H3,(H,14,15). The topological polar surface area (TPSA) is 80.4 Å². The highest BCUT2D eigenvalue weighted by Crippen LogP contribution is 2.29. The van der Waals surface area contributed by atoms with E-state index in [-0.39, 0.29) is 17.5 Å². The Morgan fingerprint density at radius 2 is 1.88 bits per heavy atom. The minimum Gasteiger partial charge on any atom is -0.481 e. The lowest BCUT2D eigenvalue weighted by Crippen LogP contribution is -2.18. The number of aliphatic carboxylic acids is 1. The SMILES string of the molecule is CC(C)(CCC(=O)O)c1ccc([N+](=O)[O-])cc1. The number of benzene rings is 1. The van der Waals surface area contributed by atoms with Crippen LogP contribution in [0.15, 0.2) is 24.3 Å². The van der Waals surface area contributed by atoms with E-state index in [2.05, 4.69) is 0 Å². The predicted octanol–water partition coefficient (Wildman–Crippen LogP) is 2.74. The highest BCUT2D eigenvalue weighted by Gasteiger charge is 2.22. The van der Waals surface area contributed by atoms with E-state index < -0.39 is 10.9 Å². The Balaban J connectivity index is 2.84. The summed E-state index contributed by atoms with van der Waals surface area (Å²) in [5.41, 5.74) is 0.653. The first-order chi connectivity index (χ1) is 7.83. The lowest BCUT2D eigenvalue weighted by molar-refractivity contribution is -0.384. The van der Waals surface area contributed by atoms with Crippen LogP contribution in [-0.2, 0) is 10.2 Å². The number of carbonyl (C=O) groups is 1. The van der Waals surface area contributed by atoms with Gasteiger partial charge in [0.1, 0.15) is 0 Å². The third kappa shape index (κ3) is 3.55. The molecule has 0 aliphatic rings. The van der Waals surface area contributed by atoms with Crippen LogP contribution in [0.25, 0.3) is 0 Å². The highest BCUT2D eigenvalue weighted by atomic mass is 16.6. The lowest BCUT2D eigenvalue weighted by Gasteiger charge is -2.24. The van der Waals surface area contributed by atoms with Crippen LogP contribution in [-0.4, -0.2) is 16.0 Å². The van der Waals surface area contributed by atoms with Crippen molar-refractivity contribution in [1.29, 1.82) is 0 Å². The molecule has 1 aromatic carbocycles. The number of nitro benzene ring substituents is 1. The lowest BCUT2D eigenvalue weighted by atomic mass is 9.80. The van der Waals surface area contributed by atoms with Gasteiger partial charge in [-0.25, -0.2) is 0 Å². The number of non-ortho nitro benzene ring substituents is 1. The van der Waals surface area contributed by atoms with E-state index in [0.717, 1.165) is 5.56 Å². The zero-order valence-corrected chi connectivity index (χ0v) is 9.84. The molecular formula is C12H15NO4. The molecule has 0 aliphatic heterocycles. The summed E-state index contributed by atoms with van der Waals surface area (Å²) in [4.78, 5) is 20.6. The predicted molar refractivity (Wildman–Crippen MR) is 63.0 cm³/mol. The number of hydrogen-bond acceptors (Lipinski definition) is 3. The second-order valence-corrected chi connectivity index (χ2v) is 4.58. The summed E-state index contributed by atoms with van der Waals surface area (Å²) in [6.45, 7) is 3.86. The second-order valence-electron chi connectivity index (χ2n) is 4.58. The van der Waals surface area contributed by atoms with Crippen molar-refractivity contribution in [2.45, 2.75) is 32.1 Å². The van der Waals surface area contributed by atoms with Gasteiger partial charge in [-0.1, -0.05) is 26.0 Å². The number of carboxylic acid groups (broad SMARTS) is 1. The smallest absolute Gasteiger partial charge is 0.303 e. The van der Waals surface area contributed by atoms with Gasteiger partial charge in [0.25, 0.3) is 5.69 Å². The van der Waals surface area contributed by atoms with Gasteiger partial charge in [-0.05, 0) is 17.4 Å². The summed E-state index contributed by atoms with van der Waals surface area (Å²) >= 11 is 0. The molecule has 5 heteroatoms. The molecule has 0 spiro atoms. The average molecular weight is 237 g/mol. The summed E-state index contributed by atoms with van der Waals surface area (Å²) in [6, 6.07) is 6.25. The largest absolute Gasteiger partial charge is 0.481 e. The minimum absolute atomic E-state index is 0.0442. The Kier molecular flexibility index (Phi) is 3.83. The molecular weight excluding hydrogens is 222 g/mol. The van der Waals surface area contributed by atoms with Crippen LogP contribution in [0, 0.1) is 10.1 Å². The zero-order valence-electron chi connectivity index (χ0n) is 9.84. The molecule has 0 saturated carbocycles. The van der Waals surface area contributed by atoms with Gasteiger partial charge in [-0.3, -0.25) is 14.9 Å². The van der Waals surface area contributed by atoms with Gasteiger partial charge >= 0.3 is 5.97 Å². The molecule has 0 aliphatic carbocycles. The average Bonchev–Trinajstić information content (AvgIpc) is 2.27. The minimum atomic E-state index is -0.833. The van der Waals surface area contributed by atoms with E-state index in [0.29, 0.717) is 6.42 Å². The van der Waals surface area contributed by atoms with Gasteiger partial charge in [0.2, 0.25) is 0 Å². The maximum Gasteiger partial charge on any atom is 0.303 e. The normalized spacial score (nSPS) is 11.2. The molecule has 0 fully saturated rings. The summed E-state index contributed by atoms with van der Waals surface area (Å²) in [7, 11) is 0. The van der Waals surface area contributed by atoms with Crippen LogP contribution in [0.1, 0.15) is 32.3 Å². The number of nitro groups is 1. The first-order valence-electron chi connectivity index (χ1n) is 5.29. The molecule has 0 bridgehead atoms. The fourth-order valence-corrected chi connectivity index (χ4v) is 1.60. The Morgan fingerprint density at radius 3 is 2.29 bits per heavy atom. The summed E-state index contributed by atoms with van der Waals surface area (Å²) in [5, 5.41) is 19.2. The van der Waals surface area contributed by atoms with E-state index in [4.69, 9.17) is 5.11 Å². The molecule has 0 saturated heterocycles. The van der Waals surface area contributed by atoms with E-state index in [1.807, 2.05) is 13.8 Å². The maximum absolute atomic E-state index is 10.5. The van der Waals surface area contributed by atoms with Gasteiger partial charge in [0.15, 0.2) is 0 Å². The molecule has 0 unspecified atom stereocenters. The monoisotopic (exact) mass is 237 g/mol. The number of carboxylic acids is 1. The van der Waals surface area contributed by atoms with Crippen LogP contribution < -0.4 is 0 Å². The Hall–Kier alpha value is -1.91. The quantitative estimate of drug-likeness (QED) is 0.630. The summed E-state index contributed by atoms with van der Waals surface area (Å²) in [5.74, 6) is -0.833. The van der Waals surface area contributed by atoms with Crippen LogP contribution in [0.3, 0.4) is 0 Å². The fraction of sp³-hybridized carbons (Fsp3) is 0.417. The van der Waals surface area contributed by atoms with Gasteiger partial charge in [0, 0.05) is 18.6 Å². The van der Waals surface area contributed by atoms with Crippen LogP contribution in [0.4, 0.5) is 5.69 Å². The Labute approximate surface area is 99.2 Å². The number of nitrogens with zero attached hydrogens (tertiary/aromatic N) is 1. The van der Waals surface area contributed by atoms with Gasteiger partial charge in [-0.15, -0.1) is 0 Å². The Bertz CT molecular complexity index is 423. The van der Waals surface area contributed by atoms with Crippen LogP contribution >= 0.6 is 0 Å². The van der Waals surface area contributed by atoms with Crippen molar-refractivity contribution in [3.05, 3.63) is 39.9 Å². The van der Waals surface area contributed by atoms with Gasteiger partial charge in [0.05, 0.1) is 4.92 Å². The van der Waals surface area contributed by atoms with E-state index in [1.165, 1.54) is 12.1 Å². The third-order valence-electron chi connectivity index (χ3n) is 2.82. The first kappa shape index (κ1) is 13.2. The van der Waals surface area contributed by atoms with Crippen molar-refractivity contribution < 1.29 is 14.8 Å². The van der Waals surface area contributed by atoms with Crippen molar-refractivity contribution in [2.24, 2.45) is 0 Å². The Morgan fingerprint density at radius 1 is 1.35 bits per heavy atom. The molecule has 0 heterocycles. The van der Waals surface area contributed by atoms with Crippen molar-refractivity contribution >= 4 is 11.7 Å². The maximum atomic E-state index is 10.5. The van der Waals surface area contributed by atoms with Crippen molar-refractivity contribution in [3.8, 4) is 0 Å². The zero-order chi connectivity index (χ0) is 13.1. The van der Waals surface area contributed by atoms with E-state index in [1.54, 1.807) is 12.1 Å². The summed E-state index contributed by atoms with van der Waals surface area (Å²) in [6.07, 6.45) is 0.587. The van der Waals surface area contributed by atoms with E-state index in [9.17, 15) is 14.9 Å². The fourth-order valence-electron chi connectivity index (χ4n) is 1.60. The molecule has 0 atom stereocenters. The van der Waals surface area contributed by atoms with Crippen molar-refractivity contribution in [2.75, 3.05) is 0 Å².